The fourth-order valence-electron chi connectivity index (χ4n) is 8.27. The topological polar surface area (TPSA) is 119 Å². The van der Waals surface area contributed by atoms with Crippen LogP contribution in [0.1, 0.15) is 55.5 Å². The number of aromatic nitrogens is 3. The Balaban J connectivity index is 1.47. The second-order valence-electron chi connectivity index (χ2n) is 17.8. The zero-order chi connectivity index (χ0) is 46.0. The highest BCUT2D eigenvalue weighted by Gasteiger charge is 2.59. The van der Waals surface area contributed by atoms with E-state index in [9.17, 15) is 0 Å². The summed E-state index contributed by atoms with van der Waals surface area (Å²) in [5.74, 6) is -2.68. The molecule has 1 fully saturated rings. The van der Waals surface area contributed by atoms with E-state index in [2.05, 4.69) is 45.4 Å². The highest BCUT2D eigenvalue weighted by Crippen LogP contribution is 2.51. The number of carbonyl (C=O) groups is 3. The van der Waals surface area contributed by atoms with Crippen molar-refractivity contribution in [2.24, 2.45) is 16.9 Å². The number of hydrogen-bond donors (Lipinski definition) is 0. The number of benzene rings is 3. The Morgan fingerprint density at radius 3 is 2.02 bits per heavy atom. The molecule has 332 valence electrons. The molecule has 6 aromatic rings. The van der Waals surface area contributed by atoms with Crippen LogP contribution in [0.25, 0.3) is 4.83 Å². The molecule has 0 radical (unpaired) electrons. The SMILES string of the molecule is C=CCOC(=O)C(N1C(=O)[C@H]([C@@H](C)O[Si](C)(C)C(C)(C)C)[C@H]1[C@@H](C)C(=O)c1cn2cnc(/C(=N\N(C)C)c3cccnc3)c2s1)=P(c1ccccc1)(c1ccccc1)c1ccccc1. The molecule has 11 nitrogen and oxygen atoms in total. The highest BCUT2D eigenvalue weighted by molar-refractivity contribution is 7.96. The molecule has 3 aromatic carbocycles. The molecular weight excluding hydrogens is 856 g/mol. The van der Waals surface area contributed by atoms with Gasteiger partial charge in [-0.25, -0.2) is 9.78 Å². The van der Waals surface area contributed by atoms with Crippen LogP contribution in [0.4, 0.5) is 0 Å². The number of fused-ring (bicyclic) bond motifs is 1. The van der Waals surface area contributed by atoms with Crippen LogP contribution in [0.2, 0.25) is 18.1 Å². The van der Waals surface area contributed by atoms with Crippen molar-refractivity contribution in [2.45, 2.75) is 64.9 Å². The molecule has 4 heterocycles. The average molecular weight is 913 g/mol. The number of Topliss-reactive ketones (excluding diaryl/α,β-unsaturated/α-hetero) is 1. The third kappa shape index (κ3) is 8.62. The Labute approximate surface area is 381 Å². The predicted molar refractivity (Wildman–Crippen MR) is 263 cm³/mol. The first-order chi connectivity index (χ1) is 30.5. The summed E-state index contributed by atoms with van der Waals surface area (Å²) in [5.41, 5.74) is 2.21. The van der Waals surface area contributed by atoms with E-state index >= 15 is 14.4 Å². The molecule has 64 heavy (non-hydrogen) atoms. The van der Waals surface area contributed by atoms with E-state index in [1.54, 1.807) is 34.8 Å². The lowest BCUT2D eigenvalue weighted by Crippen LogP contribution is -2.71. The van der Waals surface area contributed by atoms with E-state index in [1.165, 1.54) is 17.4 Å². The lowest BCUT2D eigenvalue weighted by atomic mass is 9.75. The molecule has 0 bridgehead atoms. The monoisotopic (exact) mass is 912 g/mol. The summed E-state index contributed by atoms with van der Waals surface area (Å²) >= 11 is 1.32. The molecule has 0 N–H and O–H groups in total. The molecule has 14 heteroatoms. The minimum Gasteiger partial charge on any atom is -0.457 e. The second kappa shape index (κ2) is 18.8. The molecule has 0 unspecified atom stereocenters. The Morgan fingerprint density at radius 2 is 1.52 bits per heavy atom. The number of hydrazone groups is 1. The van der Waals surface area contributed by atoms with E-state index in [4.69, 9.17) is 19.2 Å². The van der Waals surface area contributed by atoms with Crippen molar-refractivity contribution in [2.75, 3.05) is 20.7 Å². The first-order valence-electron chi connectivity index (χ1n) is 21.4. The molecule has 1 saturated heterocycles. The number of amides is 1. The van der Waals surface area contributed by atoms with Crippen molar-refractivity contribution in [3.8, 4) is 0 Å². The van der Waals surface area contributed by atoms with Crippen LogP contribution in [0.15, 0.2) is 146 Å². The Morgan fingerprint density at radius 1 is 0.938 bits per heavy atom. The van der Waals surface area contributed by atoms with Crippen molar-refractivity contribution >= 4 is 76.1 Å². The number of thiazole rings is 1. The van der Waals surface area contributed by atoms with E-state index in [0.29, 0.717) is 16.3 Å². The lowest BCUT2D eigenvalue weighted by molar-refractivity contribution is -0.158. The standard InChI is InChI=1S/C50H57N6O5PSSi/c1-11-30-60-49(59)47(62(37-23-15-12-16-24-37,38-25-17-13-18-26-38)39-27-19-14-20-28-39)56-44(41(46(56)58)35(3)61-64(9,10)50(4,5)6)34(2)45(57)40-32-55-33-52-43(48(55)63-40)42(53-54(7)8)36-22-21-29-51-31-36/h11-29,31-35,41,44H,1,30H2,2-10H3/b53-42-/t34-,35-,41-,44-/m1/s1. The van der Waals surface area contributed by atoms with Crippen LogP contribution in [0, 0.1) is 11.8 Å². The highest BCUT2D eigenvalue weighted by atomic mass is 32.1. The van der Waals surface area contributed by atoms with Crippen LogP contribution in [-0.4, -0.2) is 94.2 Å². The number of hydrogen-bond acceptors (Lipinski definition) is 10. The first kappa shape index (κ1) is 46.3. The molecule has 1 aliphatic heterocycles. The van der Waals surface area contributed by atoms with Gasteiger partial charge in [0.2, 0.25) is 5.91 Å². The molecule has 7 rings (SSSR count). The number of ketones is 1. The average Bonchev–Trinajstić information content (AvgIpc) is 3.88. The molecular formula is C50H57N6O5PSSi. The van der Waals surface area contributed by atoms with Gasteiger partial charge in [-0.2, -0.15) is 5.10 Å². The maximum atomic E-state index is 15.5. The van der Waals surface area contributed by atoms with Gasteiger partial charge in [-0.3, -0.25) is 19.0 Å². The molecule has 0 spiro atoms. The van der Waals surface area contributed by atoms with Gasteiger partial charge in [0.15, 0.2) is 14.1 Å². The zero-order valence-corrected chi connectivity index (χ0v) is 40.7. The summed E-state index contributed by atoms with van der Waals surface area (Å²) in [6.45, 7) is 15.1. The van der Waals surface area contributed by atoms with Crippen LogP contribution in [0.3, 0.4) is 0 Å². The van der Waals surface area contributed by atoms with Crippen molar-refractivity contribution < 1.29 is 23.5 Å². The summed E-state index contributed by atoms with van der Waals surface area (Å²) in [6.07, 6.45) is 7.86. The third-order valence-electron chi connectivity index (χ3n) is 12.3. The summed E-state index contributed by atoms with van der Waals surface area (Å²) in [4.78, 5) is 57.9. The maximum Gasteiger partial charge on any atom is 0.356 e. The van der Waals surface area contributed by atoms with Crippen LogP contribution in [-0.2, 0) is 18.8 Å². The summed E-state index contributed by atoms with van der Waals surface area (Å²) in [6, 6.07) is 32.6. The lowest BCUT2D eigenvalue weighted by Gasteiger charge is -2.54. The second-order valence-corrected chi connectivity index (χ2v) is 26.9. The van der Waals surface area contributed by atoms with Gasteiger partial charge in [0.1, 0.15) is 34.6 Å². The van der Waals surface area contributed by atoms with Crippen molar-refractivity contribution in [1.29, 1.82) is 0 Å². The summed E-state index contributed by atoms with van der Waals surface area (Å²) in [5, 5.41) is 8.91. The minimum atomic E-state index is -3.26. The van der Waals surface area contributed by atoms with Crippen molar-refractivity contribution in [3.63, 3.8) is 0 Å². The number of ether oxygens (including phenoxy) is 1. The predicted octanol–water partition coefficient (Wildman–Crippen LogP) is 8.01. The minimum absolute atomic E-state index is 0.0767. The quantitative estimate of drug-likeness (QED) is 0.0140. The van der Waals surface area contributed by atoms with Gasteiger partial charge in [0.25, 0.3) is 0 Å². The maximum absolute atomic E-state index is 15.5. The Hall–Kier alpha value is -5.72. The number of likely N-dealkylation sites (tertiary alicyclic amines) is 1. The fourth-order valence-corrected chi connectivity index (χ4v) is 15.2. The molecule has 1 amide bonds. The van der Waals surface area contributed by atoms with Gasteiger partial charge >= 0.3 is 5.97 Å². The van der Waals surface area contributed by atoms with Crippen molar-refractivity contribution in [3.05, 3.63) is 157 Å². The van der Waals surface area contributed by atoms with E-state index < -0.39 is 45.2 Å². The van der Waals surface area contributed by atoms with Gasteiger partial charge in [-0.15, -0.1) is 11.3 Å². The number of β-lactam (4-membered cyclic amide) rings is 1. The first-order valence-corrected chi connectivity index (χ1v) is 26.9. The van der Waals surface area contributed by atoms with Crippen molar-refractivity contribution in [1.82, 2.24) is 24.3 Å². The normalized spacial score (nSPS) is 16.8. The molecule has 0 aliphatic carbocycles. The molecule has 1 aliphatic rings. The van der Waals surface area contributed by atoms with E-state index in [0.717, 1.165) is 26.3 Å². The van der Waals surface area contributed by atoms with Gasteiger partial charge in [0.05, 0.1) is 22.9 Å². The Kier molecular flexibility index (Phi) is 13.6. The number of pyridine rings is 1. The Bertz CT molecular complexity index is 2630. The largest absolute Gasteiger partial charge is 0.457 e. The summed E-state index contributed by atoms with van der Waals surface area (Å²) < 4.78 is 14.9. The van der Waals surface area contributed by atoms with Crippen LogP contribution in [0.5, 0.6) is 0 Å². The van der Waals surface area contributed by atoms with Gasteiger partial charge in [-0.05, 0) is 53.1 Å². The molecule has 0 saturated carbocycles. The van der Waals surface area contributed by atoms with Crippen LogP contribution < -0.4 is 15.9 Å². The van der Waals surface area contributed by atoms with Gasteiger partial charge in [-0.1, -0.05) is 131 Å². The van der Waals surface area contributed by atoms with Gasteiger partial charge < -0.3 is 19.1 Å². The third-order valence-corrected chi connectivity index (χ3v) is 22.3. The number of carbonyl (C=O) groups excluding carboxylic acids is 3. The number of rotatable bonds is 16. The van der Waals surface area contributed by atoms with E-state index in [-0.39, 0.29) is 28.8 Å². The number of esters is 1. The number of nitrogens with zero attached hydrogens (tertiary/aromatic N) is 6. The summed E-state index contributed by atoms with van der Waals surface area (Å²) in [7, 11) is 1.25. The number of imidazole rings is 1. The van der Waals surface area contributed by atoms with Crippen LogP contribution >= 0.6 is 18.2 Å². The van der Waals surface area contributed by atoms with Gasteiger partial charge in [0, 0.05) is 51.1 Å². The van der Waals surface area contributed by atoms with E-state index in [1.807, 2.05) is 135 Å². The smallest absolute Gasteiger partial charge is 0.356 e. The fraction of sp³-hybridized carbons (Fsp3) is 0.300. The molecule has 3 aromatic heterocycles. The zero-order valence-electron chi connectivity index (χ0n) is 38.0. The molecule has 4 atom stereocenters.